The van der Waals surface area contributed by atoms with Crippen LogP contribution in [0.2, 0.25) is 0 Å². The van der Waals surface area contributed by atoms with Crippen molar-refractivity contribution in [2.45, 2.75) is 31.4 Å². The van der Waals surface area contributed by atoms with Crippen LogP contribution in [0, 0.1) is 16.7 Å². The van der Waals surface area contributed by atoms with Gasteiger partial charge in [0.05, 0.1) is 17.9 Å². The second kappa shape index (κ2) is 5.78. The van der Waals surface area contributed by atoms with E-state index in [0.29, 0.717) is 0 Å². The summed E-state index contributed by atoms with van der Waals surface area (Å²) in [6.07, 6.45) is 0.934. The van der Waals surface area contributed by atoms with Gasteiger partial charge in [-0.2, -0.15) is 5.26 Å². The van der Waals surface area contributed by atoms with Crippen molar-refractivity contribution in [1.82, 2.24) is 0 Å². The Labute approximate surface area is 126 Å². The number of rotatable bonds is 6. The van der Waals surface area contributed by atoms with Gasteiger partial charge in [-0.3, -0.25) is 0 Å². The van der Waals surface area contributed by atoms with Crippen LogP contribution >= 0.6 is 0 Å². The number of aryl methyl sites for hydroxylation is 1. The molecule has 0 radical (unpaired) electrons. The highest BCUT2D eigenvalue weighted by atomic mass is 32.2. The van der Waals surface area contributed by atoms with E-state index in [0.717, 1.165) is 12.0 Å². The highest BCUT2D eigenvalue weighted by molar-refractivity contribution is 7.92. The molecule has 0 bridgehead atoms. The summed E-state index contributed by atoms with van der Waals surface area (Å²) in [4.78, 5) is 0. The maximum Gasteiger partial charge on any atom is 0.155 e. The maximum absolute atomic E-state index is 12.3. The molecule has 1 aromatic carbocycles. The molecule has 0 aliphatic heterocycles. The summed E-state index contributed by atoms with van der Waals surface area (Å²) in [7, 11) is -1.78. The Kier molecular flexibility index (Phi) is 4.40. The van der Waals surface area contributed by atoms with Crippen LogP contribution in [0.3, 0.4) is 0 Å². The van der Waals surface area contributed by atoms with Crippen LogP contribution in [0.1, 0.15) is 30.9 Å². The van der Waals surface area contributed by atoms with Gasteiger partial charge in [-0.25, -0.2) is 8.42 Å². The van der Waals surface area contributed by atoms with E-state index in [2.05, 4.69) is 13.0 Å². The zero-order chi connectivity index (χ0) is 15.7. The molecule has 2 rings (SSSR count). The summed E-state index contributed by atoms with van der Waals surface area (Å²) >= 11 is 0. The molecule has 0 unspecified atom stereocenters. The molecule has 0 N–H and O–H groups in total. The fraction of sp³-hybridized carbons (Fsp3) is 0.562. The summed E-state index contributed by atoms with van der Waals surface area (Å²) in [5.74, 6) is -0.243. The second-order valence-corrected chi connectivity index (χ2v) is 7.94. The molecule has 21 heavy (non-hydrogen) atoms. The molecule has 0 spiro atoms. The van der Waals surface area contributed by atoms with E-state index in [4.69, 9.17) is 4.74 Å². The molecule has 1 saturated carbocycles. The van der Waals surface area contributed by atoms with Crippen molar-refractivity contribution >= 4 is 9.84 Å². The maximum atomic E-state index is 12.3. The largest absolute Gasteiger partial charge is 0.383 e. The minimum Gasteiger partial charge on any atom is -0.383 e. The number of nitriles is 1. The van der Waals surface area contributed by atoms with Crippen LogP contribution in [-0.2, 0) is 21.0 Å². The monoisotopic (exact) mass is 307 g/mol. The molecule has 0 amide bonds. The van der Waals surface area contributed by atoms with Crippen LogP contribution in [0.5, 0.6) is 0 Å². The third-order valence-electron chi connectivity index (χ3n) is 4.38. The van der Waals surface area contributed by atoms with Gasteiger partial charge in [0.15, 0.2) is 9.84 Å². The van der Waals surface area contributed by atoms with Crippen molar-refractivity contribution in [2.24, 2.45) is 5.41 Å². The van der Waals surface area contributed by atoms with E-state index >= 15 is 0 Å². The number of nitrogens with zero attached hydrogens (tertiary/aromatic N) is 1. The third-order valence-corrected chi connectivity index (χ3v) is 6.66. The van der Waals surface area contributed by atoms with Gasteiger partial charge >= 0.3 is 0 Å². The van der Waals surface area contributed by atoms with Crippen LogP contribution in [-0.4, -0.2) is 33.1 Å². The summed E-state index contributed by atoms with van der Waals surface area (Å²) in [5, 5.41) is 8.90. The standard InChI is InChI=1S/C16H21NO3S/c1-4-12-6-8-13(9-7-12)14-15(21(18,19)5-2)16(14,10-17)11-20-3/h6-9,14-15H,4-5,11H2,1-3H3/t14-,15+,16+/m1/s1. The normalized spacial score (nSPS) is 28.1. The Morgan fingerprint density at radius 1 is 1.29 bits per heavy atom. The predicted octanol–water partition coefficient (Wildman–Crippen LogP) is 2.31. The molecule has 4 nitrogen and oxygen atoms in total. The Hall–Kier alpha value is -1.38. The summed E-state index contributed by atoms with van der Waals surface area (Å²) < 4.78 is 29.8. The first-order valence-corrected chi connectivity index (χ1v) is 8.89. The minimum absolute atomic E-state index is 0.0500. The lowest BCUT2D eigenvalue weighted by Crippen LogP contribution is -2.20. The van der Waals surface area contributed by atoms with Crippen molar-refractivity contribution in [3.63, 3.8) is 0 Å². The molecule has 1 aliphatic carbocycles. The second-order valence-electron chi connectivity index (χ2n) is 5.53. The zero-order valence-corrected chi connectivity index (χ0v) is 13.5. The van der Waals surface area contributed by atoms with E-state index in [1.54, 1.807) is 6.92 Å². The highest BCUT2D eigenvalue weighted by Crippen LogP contribution is 2.62. The zero-order valence-electron chi connectivity index (χ0n) is 12.7. The molecular weight excluding hydrogens is 286 g/mol. The summed E-state index contributed by atoms with van der Waals surface area (Å²) in [5.41, 5.74) is 1.16. The Morgan fingerprint density at radius 2 is 1.90 bits per heavy atom. The molecule has 0 heterocycles. The molecule has 1 fully saturated rings. The third kappa shape index (κ3) is 2.58. The average Bonchev–Trinajstić information content (AvgIpc) is 3.18. The van der Waals surface area contributed by atoms with E-state index in [9.17, 15) is 13.7 Å². The van der Waals surface area contributed by atoms with Crippen molar-refractivity contribution < 1.29 is 13.2 Å². The number of hydrogen-bond acceptors (Lipinski definition) is 4. The molecular formula is C16H21NO3S. The molecule has 1 aliphatic rings. The lowest BCUT2D eigenvalue weighted by Gasteiger charge is -2.07. The van der Waals surface area contributed by atoms with E-state index in [-0.39, 0.29) is 18.3 Å². The fourth-order valence-electron chi connectivity index (χ4n) is 3.12. The van der Waals surface area contributed by atoms with E-state index in [1.807, 2.05) is 24.3 Å². The molecule has 3 atom stereocenters. The van der Waals surface area contributed by atoms with Gasteiger partial charge in [-0.1, -0.05) is 38.1 Å². The first-order valence-electron chi connectivity index (χ1n) is 7.17. The molecule has 5 heteroatoms. The van der Waals surface area contributed by atoms with Gasteiger partial charge < -0.3 is 4.74 Å². The van der Waals surface area contributed by atoms with Crippen LogP contribution in [0.15, 0.2) is 24.3 Å². The number of hydrogen-bond donors (Lipinski definition) is 0. The molecule has 114 valence electrons. The number of sulfone groups is 1. The fourth-order valence-corrected chi connectivity index (χ4v) is 5.12. The first-order chi connectivity index (χ1) is 9.96. The molecule has 0 saturated heterocycles. The number of methoxy groups -OCH3 is 1. The lowest BCUT2D eigenvalue weighted by atomic mass is 10.00. The topological polar surface area (TPSA) is 67.2 Å². The first kappa shape index (κ1) is 16.0. The van der Waals surface area contributed by atoms with Crippen molar-refractivity contribution in [1.29, 1.82) is 5.26 Å². The minimum atomic E-state index is -3.28. The Balaban J connectivity index is 2.42. The summed E-state index contributed by atoms with van der Waals surface area (Å²) in [6.45, 7) is 3.84. The van der Waals surface area contributed by atoms with Gasteiger partial charge in [-0.05, 0) is 17.5 Å². The average molecular weight is 307 g/mol. The van der Waals surface area contributed by atoms with Crippen LogP contribution in [0.4, 0.5) is 0 Å². The van der Waals surface area contributed by atoms with Crippen LogP contribution in [0.25, 0.3) is 0 Å². The lowest BCUT2D eigenvalue weighted by molar-refractivity contribution is 0.162. The van der Waals surface area contributed by atoms with Gasteiger partial charge in [0, 0.05) is 18.8 Å². The van der Waals surface area contributed by atoms with Crippen molar-refractivity contribution in [3.05, 3.63) is 35.4 Å². The van der Waals surface area contributed by atoms with Crippen LogP contribution < -0.4 is 0 Å². The Morgan fingerprint density at radius 3 is 2.33 bits per heavy atom. The van der Waals surface area contributed by atoms with E-state index < -0.39 is 20.5 Å². The molecule has 0 aromatic heterocycles. The predicted molar refractivity (Wildman–Crippen MR) is 81.7 cm³/mol. The Bertz CT molecular complexity index is 645. The van der Waals surface area contributed by atoms with Crippen molar-refractivity contribution in [2.75, 3.05) is 19.5 Å². The highest BCUT2D eigenvalue weighted by Gasteiger charge is 2.71. The summed E-state index contributed by atoms with van der Waals surface area (Å²) in [6, 6.07) is 10.1. The molecule has 1 aromatic rings. The van der Waals surface area contributed by atoms with E-state index in [1.165, 1.54) is 12.7 Å². The van der Waals surface area contributed by atoms with Crippen molar-refractivity contribution in [3.8, 4) is 6.07 Å². The van der Waals surface area contributed by atoms with Gasteiger partial charge in [0.2, 0.25) is 0 Å². The van der Waals surface area contributed by atoms with Gasteiger partial charge in [-0.15, -0.1) is 0 Å². The smallest absolute Gasteiger partial charge is 0.155 e. The van der Waals surface area contributed by atoms with Gasteiger partial charge in [0.25, 0.3) is 0 Å². The number of benzene rings is 1. The van der Waals surface area contributed by atoms with Gasteiger partial charge in [0.1, 0.15) is 5.41 Å². The quantitative estimate of drug-likeness (QED) is 0.809. The number of ether oxygens (including phenoxy) is 1. The SMILES string of the molecule is CCc1ccc([C@@H]2[C@H](S(=O)(=O)CC)[C@@]2(C#N)COC)cc1.